The van der Waals surface area contributed by atoms with E-state index < -0.39 is 5.82 Å². The average Bonchev–Trinajstić information content (AvgIpc) is 3.50. The van der Waals surface area contributed by atoms with Crippen molar-refractivity contribution in [1.82, 2.24) is 14.7 Å². The predicted octanol–water partition coefficient (Wildman–Crippen LogP) is 5.38. The first-order valence-electron chi connectivity index (χ1n) is 12.4. The van der Waals surface area contributed by atoms with E-state index >= 15 is 0 Å². The first-order valence-corrected chi connectivity index (χ1v) is 13.2. The fraction of sp³-hybridized carbons (Fsp3) is 0.321. The maximum atomic E-state index is 14.6. The molecule has 0 bridgehead atoms. The number of halogens is 1. The Morgan fingerprint density at radius 1 is 1.19 bits per heavy atom. The van der Waals surface area contributed by atoms with Crippen molar-refractivity contribution in [2.45, 2.75) is 43.9 Å². The van der Waals surface area contributed by atoms with Crippen LogP contribution in [0.4, 0.5) is 10.1 Å². The number of benzene rings is 2. The summed E-state index contributed by atoms with van der Waals surface area (Å²) < 4.78 is 16.5. The quantitative estimate of drug-likeness (QED) is 0.357. The molecule has 0 unspecified atom stereocenters. The summed E-state index contributed by atoms with van der Waals surface area (Å²) in [6.07, 6.45) is 4.92. The molecular formula is C28H26FN5O2S. The number of nitrogens with two attached hydrogens (primary N) is 1. The van der Waals surface area contributed by atoms with Gasteiger partial charge in [0.1, 0.15) is 5.82 Å². The number of hydrogen-bond donors (Lipinski definition) is 2. The molecule has 1 aliphatic carbocycles. The van der Waals surface area contributed by atoms with Gasteiger partial charge in [-0.05, 0) is 61.1 Å². The van der Waals surface area contributed by atoms with Gasteiger partial charge in [0.25, 0.3) is 5.91 Å². The topological polar surface area (TPSA) is 88.7 Å². The molecule has 2 aromatic heterocycles. The third-order valence-electron chi connectivity index (χ3n) is 7.31. The van der Waals surface area contributed by atoms with Crippen LogP contribution >= 0.6 is 11.3 Å². The Morgan fingerprint density at radius 3 is 2.73 bits per heavy atom. The highest BCUT2D eigenvalue weighted by atomic mass is 32.1. The summed E-state index contributed by atoms with van der Waals surface area (Å²) in [4.78, 5) is 19.9. The Bertz CT molecular complexity index is 1550. The van der Waals surface area contributed by atoms with Gasteiger partial charge in [0.15, 0.2) is 0 Å². The zero-order chi connectivity index (χ0) is 25.7. The molecule has 1 saturated heterocycles. The Hall–Kier alpha value is -3.58. The van der Waals surface area contributed by atoms with E-state index in [1.807, 2.05) is 35.1 Å². The number of aliphatic hydroxyl groups is 1. The average molecular weight is 516 g/mol. The van der Waals surface area contributed by atoms with Gasteiger partial charge in [0, 0.05) is 41.2 Å². The highest BCUT2D eigenvalue weighted by Crippen LogP contribution is 2.42. The number of hydrogen-bond acceptors (Lipinski definition) is 5. The van der Waals surface area contributed by atoms with Gasteiger partial charge in [-0.2, -0.15) is 5.10 Å². The highest BCUT2D eigenvalue weighted by Gasteiger charge is 2.30. The lowest BCUT2D eigenvalue weighted by atomic mass is 9.90. The molecule has 0 spiro atoms. The molecule has 3 heterocycles. The number of fused-ring (bicyclic) bond motifs is 1. The standard InChI is InChI=1S/C28H26FN5O2S/c1-31-25-7-4-16(10-23(25)29)22-13-26(28(36)33-8-2-3-19(30)15-33)37-27(22)17-5-6-24-18(9-17)14-34(32-24)20-11-21(35)12-20/h4-7,9-10,13-14,19-21,35H,2-3,8,11-12,15,30H2/t19-,20?,21?/m1/s1. The van der Waals surface area contributed by atoms with Gasteiger partial charge in [0.2, 0.25) is 5.69 Å². The van der Waals surface area contributed by atoms with Crippen LogP contribution in [0.15, 0.2) is 48.7 Å². The fourth-order valence-corrected chi connectivity index (χ4v) is 6.33. The predicted molar refractivity (Wildman–Crippen MR) is 142 cm³/mol. The lowest BCUT2D eigenvalue weighted by Crippen LogP contribution is -2.45. The number of rotatable bonds is 4. The Morgan fingerprint density at radius 2 is 2.00 bits per heavy atom. The molecule has 2 fully saturated rings. The van der Waals surface area contributed by atoms with Crippen LogP contribution in [-0.2, 0) is 0 Å². The van der Waals surface area contributed by atoms with Crippen LogP contribution in [-0.4, -0.2) is 50.9 Å². The maximum absolute atomic E-state index is 14.6. The lowest BCUT2D eigenvalue weighted by Gasteiger charge is -2.31. The summed E-state index contributed by atoms with van der Waals surface area (Å²) in [5.41, 5.74) is 9.22. The van der Waals surface area contributed by atoms with Crippen molar-refractivity contribution >= 4 is 33.8 Å². The highest BCUT2D eigenvalue weighted by molar-refractivity contribution is 7.18. The second kappa shape index (κ2) is 9.38. The molecular weight excluding hydrogens is 489 g/mol. The molecule has 2 aliphatic rings. The molecule has 6 rings (SSSR count). The van der Waals surface area contributed by atoms with Crippen LogP contribution < -0.4 is 5.73 Å². The molecule has 1 amide bonds. The molecule has 4 aromatic rings. The number of aromatic nitrogens is 2. The third-order valence-corrected chi connectivity index (χ3v) is 8.49. The van der Waals surface area contributed by atoms with Crippen LogP contribution in [0.5, 0.6) is 0 Å². The fourth-order valence-electron chi connectivity index (χ4n) is 5.19. The first kappa shape index (κ1) is 23.8. The van der Waals surface area contributed by atoms with Gasteiger partial charge in [-0.25, -0.2) is 9.24 Å². The van der Waals surface area contributed by atoms with E-state index in [0.717, 1.165) is 39.7 Å². The minimum atomic E-state index is -0.584. The van der Waals surface area contributed by atoms with Crippen molar-refractivity contribution in [3.63, 3.8) is 0 Å². The van der Waals surface area contributed by atoms with E-state index in [-0.39, 0.29) is 29.8 Å². The Kier molecular flexibility index (Phi) is 6.03. The number of amides is 1. The molecule has 7 nitrogen and oxygen atoms in total. The number of thiophene rings is 1. The van der Waals surface area contributed by atoms with Gasteiger partial charge in [0.05, 0.1) is 29.1 Å². The molecule has 9 heteroatoms. The van der Waals surface area contributed by atoms with Gasteiger partial charge in [-0.15, -0.1) is 11.3 Å². The summed E-state index contributed by atoms with van der Waals surface area (Å²) in [6, 6.07) is 12.5. The molecule has 1 aliphatic heterocycles. The number of likely N-dealkylation sites (tertiary alicyclic amines) is 1. The van der Waals surface area contributed by atoms with Crippen molar-refractivity contribution in [2.75, 3.05) is 13.1 Å². The van der Waals surface area contributed by atoms with E-state index in [0.29, 0.717) is 36.4 Å². The second-order valence-corrected chi connectivity index (χ2v) is 11.0. The minimum Gasteiger partial charge on any atom is -0.393 e. The zero-order valence-electron chi connectivity index (χ0n) is 20.1. The number of carbonyl (C=O) groups excluding carboxylic acids is 1. The van der Waals surface area contributed by atoms with Crippen molar-refractivity contribution in [2.24, 2.45) is 5.73 Å². The lowest BCUT2D eigenvalue weighted by molar-refractivity contribution is 0.0437. The van der Waals surface area contributed by atoms with Crippen LogP contribution in [0.2, 0.25) is 0 Å². The number of piperidine rings is 1. The molecule has 2 aromatic carbocycles. The summed E-state index contributed by atoms with van der Waals surface area (Å²) in [6.45, 7) is 8.36. The monoisotopic (exact) mass is 515 g/mol. The van der Waals surface area contributed by atoms with Gasteiger partial charge < -0.3 is 15.7 Å². The number of carbonyl (C=O) groups is 1. The first-order chi connectivity index (χ1) is 17.9. The largest absolute Gasteiger partial charge is 0.393 e. The van der Waals surface area contributed by atoms with Crippen LogP contribution in [0.3, 0.4) is 0 Å². The van der Waals surface area contributed by atoms with E-state index in [9.17, 15) is 14.3 Å². The molecule has 1 atom stereocenters. The molecule has 1 saturated carbocycles. The van der Waals surface area contributed by atoms with Gasteiger partial charge in [-0.3, -0.25) is 9.48 Å². The van der Waals surface area contributed by atoms with E-state index in [1.54, 1.807) is 11.0 Å². The zero-order valence-corrected chi connectivity index (χ0v) is 20.9. The SMILES string of the molecule is [C-]#[N+]c1ccc(-c2cc(C(=O)N3CCC[C@@H](N)C3)sc2-c2ccc3nn(C4CC(O)C4)cc3c2)cc1F. The molecule has 3 N–H and O–H groups in total. The Balaban J connectivity index is 1.42. The summed E-state index contributed by atoms with van der Waals surface area (Å²) >= 11 is 1.39. The van der Waals surface area contributed by atoms with Crippen molar-refractivity contribution in [3.05, 3.63) is 70.8 Å². The van der Waals surface area contributed by atoms with Crippen molar-refractivity contribution in [1.29, 1.82) is 0 Å². The van der Waals surface area contributed by atoms with Crippen LogP contribution in [0, 0.1) is 12.4 Å². The molecule has 188 valence electrons. The third kappa shape index (κ3) is 4.42. The second-order valence-electron chi connectivity index (χ2n) is 9.95. The normalized spacial score (nSPS) is 21.6. The Labute approximate surface area is 217 Å². The number of nitrogens with zero attached hydrogens (tertiary/aromatic N) is 4. The van der Waals surface area contributed by atoms with E-state index in [4.69, 9.17) is 12.3 Å². The van der Waals surface area contributed by atoms with Gasteiger partial charge >= 0.3 is 0 Å². The summed E-state index contributed by atoms with van der Waals surface area (Å²) in [5.74, 6) is -0.651. The number of aliphatic hydroxyl groups excluding tert-OH is 1. The minimum absolute atomic E-state index is 0.0254. The van der Waals surface area contributed by atoms with Crippen LogP contribution in [0.1, 0.15) is 41.4 Å². The van der Waals surface area contributed by atoms with Crippen molar-refractivity contribution < 1.29 is 14.3 Å². The van der Waals surface area contributed by atoms with E-state index in [2.05, 4.69) is 9.94 Å². The maximum Gasteiger partial charge on any atom is 0.264 e. The smallest absolute Gasteiger partial charge is 0.264 e. The van der Waals surface area contributed by atoms with Crippen molar-refractivity contribution in [3.8, 4) is 21.6 Å². The summed E-state index contributed by atoms with van der Waals surface area (Å²) in [7, 11) is 0. The summed E-state index contributed by atoms with van der Waals surface area (Å²) in [5, 5.41) is 15.3. The van der Waals surface area contributed by atoms with E-state index in [1.165, 1.54) is 23.5 Å². The van der Waals surface area contributed by atoms with Crippen LogP contribution in [0.25, 0.3) is 37.3 Å². The molecule has 0 radical (unpaired) electrons. The molecule has 37 heavy (non-hydrogen) atoms. The van der Waals surface area contributed by atoms with Gasteiger partial charge in [-0.1, -0.05) is 18.2 Å².